The number of aryl methyl sites for hydroxylation is 1. The van der Waals surface area contributed by atoms with Crippen LogP contribution in [0.2, 0.25) is 0 Å². The molecule has 1 aliphatic rings. The number of aromatic nitrogens is 2. The molecule has 1 amide bonds. The molecule has 0 radical (unpaired) electrons. The van der Waals surface area contributed by atoms with Crippen molar-refractivity contribution in [2.75, 3.05) is 5.32 Å². The molecular weight excluding hydrogens is 472 g/mol. The van der Waals surface area contributed by atoms with Crippen molar-refractivity contribution >= 4 is 49.8 Å². The molecule has 8 nitrogen and oxygen atoms in total. The predicted molar refractivity (Wildman–Crippen MR) is 131 cm³/mol. The first-order valence-electron chi connectivity index (χ1n) is 10.6. The fraction of sp³-hybridized carbons (Fsp3) is 0.208. The van der Waals surface area contributed by atoms with Gasteiger partial charge in [0.05, 0.1) is 16.5 Å². The molecule has 2 N–H and O–H groups in total. The number of thiophene rings is 2. The summed E-state index contributed by atoms with van der Waals surface area (Å²) in [5.41, 5.74) is 1.39. The van der Waals surface area contributed by atoms with Crippen molar-refractivity contribution in [2.45, 2.75) is 32.2 Å². The Balaban J connectivity index is 1.57. The van der Waals surface area contributed by atoms with Crippen molar-refractivity contribution in [3.05, 3.63) is 67.6 Å². The van der Waals surface area contributed by atoms with Crippen LogP contribution in [0.4, 0.5) is 5.00 Å². The summed E-state index contributed by atoms with van der Waals surface area (Å²) in [5.74, 6) is -1.43. The number of carbonyl (C=O) groups excluding carboxylic acids is 1. The van der Waals surface area contributed by atoms with Gasteiger partial charge >= 0.3 is 5.97 Å². The zero-order valence-electron chi connectivity index (χ0n) is 17.8. The van der Waals surface area contributed by atoms with Gasteiger partial charge < -0.3 is 10.4 Å². The second kappa shape index (κ2) is 8.85. The molecular formula is C24H18N4O4S2. The summed E-state index contributed by atoms with van der Waals surface area (Å²) in [6.45, 7) is -0.367. The lowest BCUT2D eigenvalue weighted by Gasteiger charge is -2.13. The van der Waals surface area contributed by atoms with Crippen LogP contribution in [0.3, 0.4) is 0 Å². The number of benzene rings is 1. The van der Waals surface area contributed by atoms with Crippen molar-refractivity contribution in [3.63, 3.8) is 0 Å². The molecule has 0 aliphatic heterocycles. The molecule has 0 spiro atoms. The molecule has 34 heavy (non-hydrogen) atoms. The van der Waals surface area contributed by atoms with Crippen LogP contribution in [0.1, 0.15) is 39.2 Å². The van der Waals surface area contributed by atoms with Gasteiger partial charge in [-0.05, 0) is 31.2 Å². The maximum atomic E-state index is 13.4. The van der Waals surface area contributed by atoms with E-state index in [-0.39, 0.29) is 23.3 Å². The molecule has 0 fully saturated rings. The van der Waals surface area contributed by atoms with E-state index in [1.807, 2.05) is 6.07 Å². The number of nitrogens with one attached hydrogen (secondary N) is 1. The van der Waals surface area contributed by atoms with Gasteiger partial charge in [0.1, 0.15) is 28.3 Å². The van der Waals surface area contributed by atoms with Gasteiger partial charge in [-0.15, -0.1) is 22.7 Å². The standard InChI is InChI=1S/C24H18N4O4S2/c25-10-15-14-8-4-5-9-17(14)34-21(15)26-18(29)11-28-20(13-6-2-1-3-7-13)27-22-19(23(28)30)16(12-33-22)24(31)32/h1-3,6-7,12H,4-5,8-9,11H2,(H,26,29)(H,31,32). The van der Waals surface area contributed by atoms with Gasteiger partial charge in [-0.3, -0.25) is 14.2 Å². The van der Waals surface area contributed by atoms with Gasteiger partial charge in [0.25, 0.3) is 5.56 Å². The third kappa shape index (κ3) is 3.79. The van der Waals surface area contributed by atoms with Crippen LogP contribution in [0.15, 0.2) is 40.5 Å². The molecule has 0 bridgehead atoms. The second-order valence-corrected chi connectivity index (χ2v) is 9.87. The molecule has 0 saturated heterocycles. The third-order valence-corrected chi connectivity index (χ3v) is 7.87. The van der Waals surface area contributed by atoms with Crippen LogP contribution in [-0.2, 0) is 24.2 Å². The van der Waals surface area contributed by atoms with E-state index < -0.39 is 17.4 Å². The zero-order valence-corrected chi connectivity index (χ0v) is 19.5. The highest BCUT2D eigenvalue weighted by Gasteiger charge is 2.24. The molecule has 0 atom stereocenters. The summed E-state index contributed by atoms with van der Waals surface area (Å²) in [7, 11) is 0. The fourth-order valence-electron chi connectivity index (χ4n) is 4.22. The molecule has 1 aliphatic carbocycles. The first-order valence-corrected chi connectivity index (χ1v) is 12.3. The number of amides is 1. The minimum atomic E-state index is -1.23. The summed E-state index contributed by atoms with van der Waals surface area (Å²) in [5, 5.41) is 23.8. The number of anilines is 1. The minimum Gasteiger partial charge on any atom is -0.478 e. The van der Waals surface area contributed by atoms with Gasteiger partial charge in [-0.1, -0.05) is 30.3 Å². The largest absolute Gasteiger partial charge is 0.478 e. The molecule has 4 aromatic rings. The van der Waals surface area contributed by atoms with Crippen molar-refractivity contribution in [3.8, 4) is 17.5 Å². The number of nitrogens with zero attached hydrogens (tertiary/aromatic N) is 3. The molecule has 0 saturated carbocycles. The van der Waals surface area contributed by atoms with Crippen LogP contribution in [0.25, 0.3) is 21.6 Å². The van der Waals surface area contributed by atoms with Crippen LogP contribution < -0.4 is 10.9 Å². The minimum absolute atomic E-state index is 0.0192. The fourth-order valence-corrected chi connectivity index (χ4v) is 6.38. The van der Waals surface area contributed by atoms with Crippen LogP contribution >= 0.6 is 22.7 Å². The molecule has 10 heteroatoms. The Morgan fingerprint density at radius 2 is 1.97 bits per heavy atom. The Bertz CT molecular complexity index is 1540. The van der Waals surface area contributed by atoms with E-state index >= 15 is 0 Å². The lowest BCUT2D eigenvalue weighted by Crippen LogP contribution is -2.30. The molecule has 5 rings (SSSR count). The van der Waals surface area contributed by atoms with E-state index in [1.165, 1.54) is 21.3 Å². The lowest BCUT2D eigenvalue weighted by atomic mass is 9.96. The number of hydrogen-bond donors (Lipinski definition) is 2. The molecule has 1 aromatic carbocycles. The molecule has 3 heterocycles. The monoisotopic (exact) mass is 490 g/mol. The van der Waals surface area contributed by atoms with E-state index in [1.54, 1.807) is 24.3 Å². The zero-order chi connectivity index (χ0) is 23.8. The number of carboxylic acids is 1. The van der Waals surface area contributed by atoms with Gasteiger partial charge in [-0.2, -0.15) is 5.26 Å². The van der Waals surface area contributed by atoms with Crippen molar-refractivity contribution < 1.29 is 14.7 Å². The lowest BCUT2D eigenvalue weighted by molar-refractivity contribution is -0.116. The molecule has 3 aromatic heterocycles. The Kier molecular flexibility index (Phi) is 5.73. The predicted octanol–water partition coefficient (Wildman–Crippen LogP) is 4.27. The van der Waals surface area contributed by atoms with Crippen molar-refractivity contribution in [2.24, 2.45) is 0 Å². The van der Waals surface area contributed by atoms with E-state index in [9.17, 15) is 24.8 Å². The quantitative estimate of drug-likeness (QED) is 0.430. The number of aromatic carboxylic acids is 1. The number of hydrogen-bond acceptors (Lipinski definition) is 7. The average molecular weight is 491 g/mol. The second-order valence-electron chi connectivity index (χ2n) is 7.90. The van der Waals surface area contributed by atoms with Gasteiger partial charge in [0, 0.05) is 15.8 Å². The normalized spacial score (nSPS) is 12.8. The molecule has 170 valence electrons. The summed E-state index contributed by atoms with van der Waals surface area (Å²) in [6.07, 6.45) is 3.78. The van der Waals surface area contributed by atoms with E-state index in [0.717, 1.165) is 47.5 Å². The van der Waals surface area contributed by atoms with Gasteiger partial charge in [0.15, 0.2) is 0 Å². The highest BCUT2D eigenvalue weighted by atomic mass is 32.1. The highest BCUT2D eigenvalue weighted by molar-refractivity contribution is 7.17. The van der Waals surface area contributed by atoms with Crippen molar-refractivity contribution in [1.82, 2.24) is 9.55 Å². The average Bonchev–Trinajstić information content (AvgIpc) is 3.42. The summed E-state index contributed by atoms with van der Waals surface area (Å²) >= 11 is 2.48. The van der Waals surface area contributed by atoms with Crippen LogP contribution in [0, 0.1) is 11.3 Å². The maximum Gasteiger partial charge on any atom is 0.337 e. The molecule has 0 unspecified atom stereocenters. The van der Waals surface area contributed by atoms with Crippen LogP contribution in [0.5, 0.6) is 0 Å². The first-order chi connectivity index (χ1) is 16.5. The Labute approximate surface area is 201 Å². The number of carbonyl (C=O) groups is 2. The number of fused-ring (bicyclic) bond motifs is 2. The highest BCUT2D eigenvalue weighted by Crippen LogP contribution is 2.37. The Hall–Kier alpha value is -3.81. The summed E-state index contributed by atoms with van der Waals surface area (Å²) < 4.78 is 1.20. The van der Waals surface area contributed by atoms with E-state index in [0.29, 0.717) is 21.0 Å². The van der Waals surface area contributed by atoms with Gasteiger partial charge in [0.2, 0.25) is 5.91 Å². The third-order valence-electron chi connectivity index (χ3n) is 5.79. The van der Waals surface area contributed by atoms with Crippen molar-refractivity contribution in [1.29, 1.82) is 5.26 Å². The van der Waals surface area contributed by atoms with Crippen LogP contribution in [-0.4, -0.2) is 26.5 Å². The maximum absolute atomic E-state index is 13.4. The van der Waals surface area contributed by atoms with Gasteiger partial charge in [-0.25, -0.2) is 9.78 Å². The van der Waals surface area contributed by atoms with E-state index in [4.69, 9.17) is 0 Å². The van der Waals surface area contributed by atoms with E-state index in [2.05, 4.69) is 16.4 Å². The Morgan fingerprint density at radius 3 is 2.71 bits per heavy atom. The first kappa shape index (κ1) is 22.0. The summed E-state index contributed by atoms with van der Waals surface area (Å²) in [6, 6.07) is 11.2. The number of carboxylic acid groups (broad SMARTS) is 1. The SMILES string of the molecule is N#Cc1c(NC(=O)Cn2c(-c3ccccc3)nc3scc(C(=O)O)c3c2=O)sc2c1CCCC2. The number of nitriles is 1. The summed E-state index contributed by atoms with van der Waals surface area (Å²) in [4.78, 5) is 44.1. The number of rotatable bonds is 5. The topological polar surface area (TPSA) is 125 Å². The Morgan fingerprint density at radius 1 is 1.21 bits per heavy atom. The smallest absolute Gasteiger partial charge is 0.337 e.